The molecule has 31 heavy (non-hydrogen) atoms. The zero-order valence-electron chi connectivity index (χ0n) is 19.6. The van der Waals surface area contributed by atoms with E-state index in [1.165, 1.54) is 28.8 Å². The Hall–Kier alpha value is -2.12. The summed E-state index contributed by atoms with van der Waals surface area (Å²) in [6.07, 6.45) is 8.98. The third-order valence-corrected chi connectivity index (χ3v) is 8.45. The standard InChI is InChI=1S/C25H36N2O3Si/c1-6-8-21-12-15-25(23(18-21)9-7-2)27-17-16-26(20-27)19-22-10-13-24(14-11-22)31(28-3,29-4)30-5/h10-18H,6-9,19-20H2,1-5H3. The van der Waals surface area contributed by atoms with Crippen molar-refractivity contribution in [3.63, 3.8) is 0 Å². The van der Waals surface area contributed by atoms with Gasteiger partial charge in [0.25, 0.3) is 0 Å². The van der Waals surface area contributed by atoms with Gasteiger partial charge in [0.15, 0.2) is 0 Å². The molecule has 0 spiro atoms. The van der Waals surface area contributed by atoms with Gasteiger partial charge in [0.1, 0.15) is 0 Å². The molecule has 0 aliphatic carbocycles. The molecule has 0 amide bonds. The SMILES string of the molecule is CCCc1ccc(N2C=CN(Cc3ccc([Si](OC)(OC)OC)cc3)C2)c(CCC)c1. The van der Waals surface area contributed by atoms with Crippen LogP contribution >= 0.6 is 0 Å². The second-order valence-electron chi connectivity index (χ2n) is 7.98. The number of hydrogen-bond donors (Lipinski definition) is 0. The third kappa shape index (κ3) is 5.38. The molecule has 6 heteroatoms. The molecule has 168 valence electrons. The smallest absolute Gasteiger partial charge is 0.373 e. The van der Waals surface area contributed by atoms with Crippen molar-refractivity contribution in [2.45, 2.75) is 46.1 Å². The first-order chi connectivity index (χ1) is 15.1. The predicted molar refractivity (Wildman–Crippen MR) is 129 cm³/mol. The Kier molecular flexibility index (Phi) is 8.32. The quantitative estimate of drug-likeness (QED) is 0.483. The summed E-state index contributed by atoms with van der Waals surface area (Å²) in [6.45, 7) is 6.20. The molecule has 1 aliphatic heterocycles. The Bertz CT molecular complexity index is 857. The lowest BCUT2D eigenvalue weighted by molar-refractivity contribution is 0.140. The molecule has 0 radical (unpaired) electrons. The Labute approximate surface area is 188 Å². The van der Waals surface area contributed by atoms with E-state index in [1.807, 2.05) is 0 Å². The molecule has 0 atom stereocenters. The fraction of sp³-hybridized carbons (Fsp3) is 0.440. The van der Waals surface area contributed by atoms with Gasteiger partial charge in [-0.1, -0.05) is 63.1 Å². The summed E-state index contributed by atoms with van der Waals surface area (Å²) in [5, 5.41) is 0.971. The van der Waals surface area contributed by atoms with Gasteiger partial charge in [-0.05, 0) is 35.6 Å². The minimum absolute atomic E-state index is 0.853. The highest BCUT2D eigenvalue weighted by Crippen LogP contribution is 2.27. The van der Waals surface area contributed by atoms with Crippen molar-refractivity contribution in [1.29, 1.82) is 0 Å². The molecule has 0 bridgehead atoms. The number of benzene rings is 2. The van der Waals surface area contributed by atoms with Gasteiger partial charge in [-0.25, -0.2) is 0 Å². The van der Waals surface area contributed by atoms with Crippen LogP contribution in [0.1, 0.15) is 43.4 Å². The second-order valence-corrected chi connectivity index (χ2v) is 10.9. The third-order valence-electron chi connectivity index (χ3n) is 5.80. The Morgan fingerprint density at radius 3 is 2.06 bits per heavy atom. The van der Waals surface area contributed by atoms with Crippen LogP contribution in [0.5, 0.6) is 0 Å². The van der Waals surface area contributed by atoms with Crippen molar-refractivity contribution in [3.8, 4) is 0 Å². The van der Waals surface area contributed by atoms with Crippen molar-refractivity contribution in [3.05, 3.63) is 71.6 Å². The summed E-state index contributed by atoms with van der Waals surface area (Å²) in [5.41, 5.74) is 5.46. The van der Waals surface area contributed by atoms with E-state index >= 15 is 0 Å². The summed E-state index contributed by atoms with van der Waals surface area (Å²) in [7, 11) is 2.14. The van der Waals surface area contributed by atoms with Gasteiger partial charge < -0.3 is 23.1 Å². The summed E-state index contributed by atoms with van der Waals surface area (Å²) in [4.78, 5) is 4.69. The summed E-state index contributed by atoms with van der Waals surface area (Å²) >= 11 is 0. The van der Waals surface area contributed by atoms with Gasteiger partial charge in [0.05, 0.1) is 6.67 Å². The molecule has 0 unspecified atom stereocenters. The van der Waals surface area contributed by atoms with E-state index in [0.29, 0.717) is 0 Å². The largest absolute Gasteiger partial charge is 0.536 e. The van der Waals surface area contributed by atoms with Crippen LogP contribution in [-0.2, 0) is 32.7 Å². The highest BCUT2D eigenvalue weighted by Gasteiger charge is 2.40. The maximum Gasteiger partial charge on any atom is 0.536 e. The molecule has 1 aliphatic rings. The van der Waals surface area contributed by atoms with Crippen LogP contribution in [0.15, 0.2) is 54.9 Å². The van der Waals surface area contributed by atoms with Crippen molar-refractivity contribution in [1.82, 2.24) is 4.90 Å². The highest BCUT2D eigenvalue weighted by molar-refractivity contribution is 6.75. The van der Waals surface area contributed by atoms with Crippen LogP contribution in [0.2, 0.25) is 0 Å². The molecule has 0 fully saturated rings. The molecule has 0 saturated heterocycles. The molecular formula is C25H36N2O3Si. The van der Waals surface area contributed by atoms with Crippen LogP contribution in [0, 0.1) is 0 Å². The van der Waals surface area contributed by atoms with E-state index < -0.39 is 8.80 Å². The predicted octanol–water partition coefficient (Wildman–Crippen LogP) is 4.43. The van der Waals surface area contributed by atoms with Gasteiger partial charge >= 0.3 is 8.80 Å². The van der Waals surface area contributed by atoms with Gasteiger partial charge in [-0.2, -0.15) is 0 Å². The number of rotatable bonds is 11. The van der Waals surface area contributed by atoms with E-state index in [0.717, 1.165) is 37.7 Å². The number of aryl methyl sites for hydroxylation is 2. The Morgan fingerprint density at radius 1 is 0.806 bits per heavy atom. The number of nitrogens with zero attached hydrogens (tertiary/aromatic N) is 2. The average molecular weight is 441 g/mol. The Morgan fingerprint density at radius 2 is 1.45 bits per heavy atom. The molecule has 2 aromatic rings. The van der Waals surface area contributed by atoms with Crippen LogP contribution < -0.4 is 10.1 Å². The number of hydrogen-bond acceptors (Lipinski definition) is 5. The summed E-state index contributed by atoms with van der Waals surface area (Å²) in [6, 6.07) is 15.4. The van der Waals surface area contributed by atoms with E-state index in [2.05, 4.69) is 78.5 Å². The summed E-state index contributed by atoms with van der Waals surface area (Å²) in [5.74, 6) is 0. The lowest BCUT2D eigenvalue weighted by atomic mass is 10.0. The molecule has 0 aromatic heterocycles. The molecule has 2 aromatic carbocycles. The Balaban J connectivity index is 1.68. The first-order valence-electron chi connectivity index (χ1n) is 11.1. The second kappa shape index (κ2) is 11.0. The van der Waals surface area contributed by atoms with Gasteiger partial charge in [-0.15, -0.1) is 0 Å². The summed E-state index contributed by atoms with van der Waals surface area (Å²) < 4.78 is 16.7. The van der Waals surface area contributed by atoms with Crippen molar-refractivity contribution in [2.75, 3.05) is 32.9 Å². The van der Waals surface area contributed by atoms with Crippen LogP contribution in [0.4, 0.5) is 5.69 Å². The molecule has 0 N–H and O–H groups in total. The lowest BCUT2D eigenvalue weighted by Crippen LogP contribution is -2.54. The first kappa shape index (κ1) is 23.5. The lowest BCUT2D eigenvalue weighted by Gasteiger charge is -2.25. The molecule has 0 saturated carbocycles. The fourth-order valence-corrected chi connectivity index (χ4v) is 5.99. The molecule has 5 nitrogen and oxygen atoms in total. The maximum atomic E-state index is 5.58. The molecule has 3 rings (SSSR count). The minimum atomic E-state index is -2.78. The zero-order valence-corrected chi connectivity index (χ0v) is 20.6. The average Bonchev–Trinajstić information content (AvgIpc) is 3.25. The van der Waals surface area contributed by atoms with Gasteiger partial charge in [0.2, 0.25) is 0 Å². The highest BCUT2D eigenvalue weighted by atomic mass is 28.4. The molecular weight excluding hydrogens is 404 g/mol. The van der Waals surface area contributed by atoms with Gasteiger partial charge in [-0.3, -0.25) is 0 Å². The zero-order chi connectivity index (χ0) is 22.3. The van der Waals surface area contributed by atoms with E-state index in [-0.39, 0.29) is 0 Å². The van der Waals surface area contributed by atoms with Crippen LogP contribution in [-0.4, -0.2) is 41.7 Å². The normalized spacial score (nSPS) is 14.0. The van der Waals surface area contributed by atoms with Crippen LogP contribution in [0.3, 0.4) is 0 Å². The topological polar surface area (TPSA) is 34.2 Å². The van der Waals surface area contributed by atoms with Crippen molar-refractivity contribution >= 4 is 19.7 Å². The van der Waals surface area contributed by atoms with Crippen molar-refractivity contribution < 1.29 is 13.3 Å². The molecule has 1 heterocycles. The van der Waals surface area contributed by atoms with Gasteiger partial charge in [0, 0.05) is 51.1 Å². The minimum Gasteiger partial charge on any atom is -0.373 e. The van der Waals surface area contributed by atoms with E-state index in [1.54, 1.807) is 21.3 Å². The fourth-order valence-electron chi connectivity index (χ4n) is 4.21. The first-order valence-corrected chi connectivity index (χ1v) is 12.9. The van der Waals surface area contributed by atoms with Crippen LogP contribution in [0.25, 0.3) is 0 Å². The van der Waals surface area contributed by atoms with Crippen molar-refractivity contribution in [2.24, 2.45) is 0 Å². The maximum absolute atomic E-state index is 5.58. The van der Waals surface area contributed by atoms with E-state index in [4.69, 9.17) is 13.3 Å². The van der Waals surface area contributed by atoms with E-state index in [9.17, 15) is 0 Å². The monoisotopic (exact) mass is 440 g/mol. The number of anilines is 1.